The van der Waals surface area contributed by atoms with E-state index >= 15 is 0 Å². The van der Waals surface area contributed by atoms with Crippen LogP contribution in [0.2, 0.25) is 0 Å². The molecule has 0 unspecified atom stereocenters. The Kier molecular flexibility index (Phi) is 5.34. The van der Waals surface area contributed by atoms with E-state index in [0.717, 1.165) is 11.1 Å². The minimum atomic E-state index is 0.257. The fraction of sp³-hybridized carbons (Fsp3) is 0.143. The van der Waals surface area contributed by atoms with Crippen molar-refractivity contribution in [3.05, 3.63) is 59.8 Å². The van der Waals surface area contributed by atoms with Crippen LogP contribution in [0.25, 0.3) is 0 Å². The third-order valence-corrected chi connectivity index (χ3v) is 2.73. The first-order valence-electron chi connectivity index (χ1n) is 5.98. The normalized spacial score (nSPS) is 11.2. The lowest BCUT2D eigenvalue weighted by molar-refractivity contribution is 0.149. The van der Waals surface area contributed by atoms with Gasteiger partial charge in [-0.05, 0) is 11.1 Å². The first-order chi connectivity index (χ1) is 9.78. The van der Waals surface area contributed by atoms with Crippen LogP contribution in [0.4, 0.5) is 0 Å². The van der Waals surface area contributed by atoms with E-state index in [4.69, 9.17) is 22.2 Å². The van der Waals surface area contributed by atoms with Gasteiger partial charge in [0.05, 0.1) is 0 Å². The number of ether oxygens (including phenoxy) is 1. The topological polar surface area (TPSA) is 69.7 Å². The minimum Gasteiger partial charge on any atom is -0.473 e. The summed E-state index contributed by atoms with van der Waals surface area (Å²) in [6.07, 6.45) is 2.08. The molecule has 6 heteroatoms. The van der Waals surface area contributed by atoms with Crippen LogP contribution in [0.3, 0.4) is 0 Å². The van der Waals surface area contributed by atoms with Crippen LogP contribution in [-0.2, 0) is 18.0 Å². The average molecular weight is 292 g/mol. The fourth-order valence-corrected chi connectivity index (χ4v) is 1.78. The molecular weight excluding hydrogens is 278 g/mol. The largest absolute Gasteiger partial charge is 0.473 e. The molecule has 0 spiro atoms. The summed E-state index contributed by atoms with van der Waals surface area (Å²) in [5, 5.41) is 3.68. The number of halogens is 1. The van der Waals surface area contributed by atoms with Gasteiger partial charge >= 0.3 is 0 Å². The van der Waals surface area contributed by atoms with Crippen LogP contribution >= 0.6 is 11.6 Å². The van der Waals surface area contributed by atoms with E-state index in [1.165, 1.54) is 0 Å². The Balaban J connectivity index is 1.90. The second-order valence-electron chi connectivity index (χ2n) is 4.03. The molecular formula is C14H14ClN3O2. The molecule has 0 radical (unpaired) electrons. The third-order valence-electron chi connectivity index (χ3n) is 2.53. The molecule has 2 rings (SSSR count). The molecule has 0 amide bonds. The molecule has 104 valence electrons. The van der Waals surface area contributed by atoms with Gasteiger partial charge < -0.3 is 9.68 Å². The Hall–Kier alpha value is -2.11. The number of oxime groups is 1. The van der Waals surface area contributed by atoms with E-state index in [1.54, 1.807) is 12.3 Å². The summed E-state index contributed by atoms with van der Waals surface area (Å²) in [6.45, 7) is 0.483. The summed E-state index contributed by atoms with van der Waals surface area (Å²) < 4.78 is 5.58. The van der Waals surface area contributed by atoms with Gasteiger partial charge in [0.2, 0.25) is 5.88 Å². The standard InChI is InChI=1S/C14H14ClN3O2/c15-13(18-20-16)8-12-6-7-14(17-9-12)19-10-11-4-2-1-3-5-11/h1-7,9H,8,10,16H2/b18-13-. The highest BCUT2D eigenvalue weighted by atomic mass is 35.5. The molecule has 2 aromatic rings. The molecule has 5 nitrogen and oxygen atoms in total. The first kappa shape index (κ1) is 14.3. The second-order valence-corrected chi connectivity index (χ2v) is 4.46. The van der Waals surface area contributed by atoms with Crippen molar-refractivity contribution >= 4 is 16.8 Å². The van der Waals surface area contributed by atoms with Gasteiger partial charge in [-0.25, -0.2) is 4.98 Å². The molecule has 1 heterocycles. The van der Waals surface area contributed by atoms with Crippen LogP contribution in [0, 0.1) is 0 Å². The highest BCUT2D eigenvalue weighted by Crippen LogP contribution is 2.11. The number of nitrogens with zero attached hydrogens (tertiary/aromatic N) is 2. The van der Waals surface area contributed by atoms with Gasteiger partial charge in [0, 0.05) is 18.7 Å². The molecule has 0 bridgehead atoms. The molecule has 0 fully saturated rings. The summed E-state index contributed by atoms with van der Waals surface area (Å²) in [5.74, 6) is 5.35. The maximum atomic E-state index is 5.78. The Morgan fingerprint density at radius 2 is 1.95 bits per heavy atom. The summed E-state index contributed by atoms with van der Waals surface area (Å²) in [7, 11) is 0. The number of nitrogens with two attached hydrogens (primary N) is 1. The smallest absolute Gasteiger partial charge is 0.213 e. The predicted molar refractivity (Wildman–Crippen MR) is 77.3 cm³/mol. The summed E-state index contributed by atoms with van der Waals surface area (Å²) in [6, 6.07) is 13.5. The van der Waals surface area contributed by atoms with Crippen molar-refractivity contribution in [1.82, 2.24) is 4.98 Å². The maximum absolute atomic E-state index is 5.78. The van der Waals surface area contributed by atoms with Crippen molar-refractivity contribution in [2.24, 2.45) is 11.1 Å². The van der Waals surface area contributed by atoms with Gasteiger partial charge in [0.25, 0.3) is 0 Å². The molecule has 0 saturated heterocycles. The number of hydrogen-bond donors (Lipinski definition) is 1. The van der Waals surface area contributed by atoms with Gasteiger partial charge in [-0.15, -0.1) is 5.90 Å². The Morgan fingerprint density at radius 1 is 1.15 bits per heavy atom. The quantitative estimate of drug-likeness (QED) is 0.656. The molecule has 0 aliphatic heterocycles. The zero-order chi connectivity index (χ0) is 14.2. The average Bonchev–Trinajstić information content (AvgIpc) is 2.48. The van der Waals surface area contributed by atoms with Crippen LogP contribution in [0.15, 0.2) is 53.8 Å². The van der Waals surface area contributed by atoms with E-state index in [1.807, 2.05) is 36.4 Å². The lowest BCUT2D eigenvalue weighted by atomic mass is 10.2. The van der Waals surface area contributed by atoms with E-state index in [9.17, 15) is 0 Å². The zero-order valence-corrected chi connectivity index (χ0v) is 11.5. The van der Waals surface area contributed by atoms with Crippen molar-refractivity contribution in [1.29, 1.82) is 0 Å². The fourth-order valence-electron chi connectivity index (χ4n) is 1.59. The van der Waals surface area contributed by atoms with Crippen molar-refractivity contribution < 1.29 is 9.68 Å². The monoisotopic (exact) mass is 291 g/mol. The molecule has 2 N–H and O–H groups in total. The van der Waals surface area contributed by atoms with E-state index in [-0.39, 0.29) is 5.17 Å². The Labute approximate surface area is 121 Å². The van der Waals surface area contributed by atoms with E-state index in [2.05, 4.69) is 15.1 Å². The number of aromatic nitrogens is 1. The van der Waals surface area contributed by atoms with Gasteiger partial charge in [-0.2, -0.15) is 0 Å². The van der Waals surface area contributed by atoms with E-state index < -0.39 is 0 Å². The van der Waals surface area contributed by atoms with Crippen LogP contribution < -0.4 is 10.6 Å². The van der Waals surface area contributed by atoms with Crippen molar-refractivity contribution in [2.45, 2.75) is 13.0 Å². The number of hydrogen-bond acceptors (Lipinski definition) is 5. The molecule has 1 aromatic heterocycles. The molecule has 0 saturated carbocycles. The molecule has 0 atom stereocenters. The lowest BCUT2D eigenvalue weighted by Gasteiger charge is -2.06. The Morgan fingerprint density at radius 3 is 2.60 bits per heavy atom. The Bertz CT molecular complexity index is 558. The second kappa shape index (κ2) is 7.47. The van der Waals surface area contributed by atoms with Crippen LogP contribution in [0.5, 0.6) is 5.88 Å². The summed E-state index contributed by atoms with van der Waals surface area (Å²) in [4.78, 5) is 8.30. The van der Waals surface area contributed by atoms with Gasteiger partial charge in [-0.3, -0.25) is 0 Å². The van der Waals surface area contributed by atoms with Crippen molar-refractivity contribution in [2.75, 3.05) is 0 Å². The molecule has 0 aliphatic carbocycles. The molecule has 20 heavy (non-hydrogen) atoms. The predicted octanol–water partition coefficient (Wildman–Crippen LogP) is 2.65. The lowest BCUT2D eigenvalue weighted by Crippen LogP contribution is -2.01. The number of benzene rings is 1. The van der Waals surface area contributed by atoms with Crippen molar-refractivity contribution in [3.63, 3.8) is 0 Å². The summed E-state index contributed by atoms with van der Waals surface area (Å²) in [5.41, 5.74) is 1.98. The highest BCUT2D eigenvalue weighted by molar-refractivity contribution is 6.65. The number of rotatable bonds is 6. The van der Waals surface area contributed by atoms with Gasteiger partial charge in [0.1, 0.15) is 6.61 Å². The summed E-state index contributed by atoms with van der Waals surface area (Å²) >= 11 is 5.78. The third kappa shape index (κ3) is 4.53. The maximum Gasteiger partial charge on any atom is 0.213 e. The first-order valence-corrected chi connectivity index (χ1v) is 6.35. The van der Waals surface area contributed by atoms with Gasteiger partial charge in [-0.1, -0.05) is 53.2 Å². The highest BCUT2D eigenvalue weighted by Gasteiger charge is 2.01. The molecule has 1 aromatic carbocycles. The molecule has 0 aliphatic rings. The SMILES string of the molecule is NO/N=C(\Cl)Cc1ccc(OCc2ccccc2)nc1. The van der Waals surface area contributed by atoms with Gasteiger partial charge in [0.15, 0.2) is 5.17 Å². The van der Waals surface area contributed by atoms with Crippen LogP contribution in [0.1, 0.15) is 11.1 Å². The van der Waals surface area contributed by atoms with Crippen molar-refractivity contribution in [3.8, 4) is 5.88 Å². The van der Waals surface area contributed by atoms with E-state index in [0.29, 0.717) is 18.9 Å². The zero-order valence-electron chi connectivity index (χ0n) is 10.7. The number of pyridine rings is 1. The van der Waals surface area contributed by atoms with Crippen LogP contribution in [-0.4, -0.2) is 10.2 Å². The minimum absolute atomic E-state index is 0.257.